The van der Waals surface area contributed by atoms with Crippen LogP contribution in [0.4, 0.5) is 0 Å². The number of unbranched alkanes of at least 4 members (excludes halogenated alkanes) is 1. The van der Waals surface area contributed by atoms with Crippen LogP contribution in [0.1, 0.15) is 55.0 Å². The number of hydrogen-bond acceptors (Lipinski definition) is 5. The summed E-state index contributed by atoms with van der Waals surface area (Å²) in [5.74, 6) is -2.60. The van der Waals surface area contributed by atoms with Gasteiger partial charge >= 0.3 is 5.97 Å². The van der Waals surface area contributed by atoms with E-state index in [0.717, 1.165) is 0 Å². The lowest BCUT2D eigenvalue weighted by Gasteiger charge is -2.21. The highest BCUT2D eigenvalue weighted by Gasteiger charge is 2.35. The minimum atomic E-state index is -1.23. The molecule has 0 atom stereocenters. The van der Waals surface area contributed by atoms with Gasteiger partial charge in [-0.25, -0.2) is 4.79 Å². The largest absolute Gasteiger partial charge is 0.507 e. The number of phenolic OH excluding ortho intramolecular Hbond substituents is 1. The molecule has 3 rings (SSSR count). The zero-order valence-corrected chi connectivity index (χ0v) is 13.8. The monoisotopic (exact) mass is 352 g/mol. The van der Waals surface area contributed by atoms with E-state index in [2.05, 4.69) is 6.58 Å². The number of ketones is 2. The fourth-order valence-corrected chi connectivity index (χ4v) is 2.91. The second-order valence-corrected chi connectivity index (χ2v) is 5.84. The van der Waals surface area contributed by atoms with Crippen LogP contribution < -0.4 is 4.74 Å². The number of fused-ring (bicyclic) bond motifs is 2. The molecule has 0 heterocycles. The van der Waals surface area contributed by atoms with Crippen molar-refractivity contribution in [3.8, 4) is 11.5 Å². The fraction of sp³-hybridized carbons (Fsp3) is 0.150. The van der Waals surface area contributed by atoms with E-state index in [1.54, 1.807) is 6.08 Å². The summed E-state index contributed by atoms with van der Waals surface area (Å²) in [6, 6.07) is 6.60. The first-order valence-electron chi connectivity index (χ1n) is 8.02. The number of carbonyl (C=O) groups excluding carboxylic acids is 2. The number of allylic oxidation sites excluding steroid dienone is 1. The van der Waals surface area contributed by atoms with E-state index in [-0.39, 0.29) is 45.9 Å². The number of ether oxygens (including phenoxy) is 1. The minimum absolute atomic E-state index is 0.0207. The number of hydrogen-bond donors (Lipinski definition) is 2. The maximum Gasteiger partial charge on any atom is 0.335 e. The zero-order chi connectivity index (χ0) is 18.8. The summed E-state index contributed by atoms with van der Waals surface area (Å²) in [7, 11) is 0. The van der Waals surface area contributed by atoms with Gasteiger partial charge in [-0.15, -0.1) is 6.58 Å². The molecule has 2 aromatic rings. The first kappa shape index (κ1) is 17.4. The lowest BCUT2D eigenvalue weighted by atomic mass is 9.82. The third-order valence-electron chi connectivity index (χ3n) is 4.15. The van der Waals surface area contributed by atoms with Crippen molar-refractivity contribution in [1.82, 2.24) is 0 Å². The predicted molar refractivity (Wildman–Crippen MR) is 93.3 cm³/mol. The van der Waals surface area contributed by atoms with Gasteiger partial charge in [0.25, 0.3) is 0 Å². The molecule has 132 valence electrons. The topological polar surface area (TPSA) is 101 Å². The summed E-state index contributed by atoms with van der Waals surface area (Å²) in [4.78, 5) is 37.1. The number of benzene rings is 2. The maximum atomic E-state index is 12.9. The highest BCUT2D eigenvalue weighted by atomic mass is 16.5. The summed E-state index contributed by atoms with van der Waals surface area (Å²) in [5, 5.41) is 19.3. The van der Waals surface area contributed by atoms with Crippen molar-refractivity contribution in [1.29, 1.82) is 0 Å². The van der Waals surface area contributed by atoms with Crippen molar-refractivity contribution in [2.24, 2.45) is 0 Å². The molecule has 6 heteroatoms. The van der Waals surface area contributed by atoms with Crippen molar-refractivity contribution >= 4 is 17.5 Å². The smallest absolute Gasteiger partial charge is 0.335 e. The quantitative estimate of drug-likeness (QED) is 0.522. The van der Waals surface area contributed by atoms with Crippen LogP contribution in [0.15, 0.2) is 43.0 Å². The minimum Gasteiger partial charge on any atom is -0.507 e. The molecular formula is C20H16O6. The van der Waals surface area contributed by atoms with E-state index < -0.39 is 17.5 Å². The number of carbonyl (C=O) groups is 3. The van der Waals surface area contributed by atoms with Crippen LogP contribution >= 0.6 is 0 Å². The molecule has 0 unspecified atom stereocenters. The summed E-state index contributed by atoms with van der Waals surface area (Å²) >= 11 is 0. The molecule has 1 aliphatic carbocycles. The molecule has 0 amide bonds. The molecule has 0 saturated carbocycles. The first-order valence-corrected chi connectivity index (χ1v) is 8.02. The highest BCUT2D eigenvalue weighted by Crippen LogP contribution is 2.37. The van der Waals surface area contributed by atoms with Gasteiger partial charge in [-0.2, -0.15) is 0 Å². The highest BCUT2D eigenvalue weighted by molar-refractivity contribution is 6.30. The predicted octanol–water partition coefficient (Wildman–Crippen LogP) is 3.21. The molecule has 26 heavy (non-hydrogen) atoms. The summed E-state index contributed by atoms with van der Waals surface area (Å²) < 4.78 is 5.61. The second-order valence-electron chi connectivity index (χ2n) is 5.84. The van der Waals surface area contributed by atoms with Gasteiger partial charge in [0, 0.05) is 11.1 Å². The molecule has 2 aromatic carbocycles. The number of carboxylic acid groups (broad SMARTS) is 1. The van der Waals surface area contributed by atoms with Crippen LogP contribution in [0.2, 0.25) is 0 Å². The number of carboxylic acids is 1. The van der Waals surface area contributed by atoms with E-state index in [4.69, 9.17) is 4.74 Å². The Morgan fingerprint density at radius 3 is 2.58 bits per heavy atom. The molecule has 0 bridgehead atoms. The second kappa shape index (κ2) is 6.84. The van der Waals surface area contributed by atoms with Gasteiger partial charge in [0.15, 0.2) is 5.78 Å². The molecule has 2 N–H and O–H groups in total. The van der Waals surface area contributed by atoms with E-state index in [9.17, 15) is 24.6 Å². The Balaban J connectivity index is 2.15. The number of aromatic hydroxyl groups is 1. The first-order chi connectivity index (χ1) is 12.5. The van der Waals surface area contributed by atoms with Crippen molar-refractivity contribution in [3.05, 3.63) is 70.8 Å². The van der Waals surface area contributed by atoms with Crippen LogP contribution in [0.3, 0.4) is 0 Å². The van der Waals surface area contributed by atoms with Crippen LogP contribution in [0.5, 0.6) is 11.5 Å². The Morgan fingerprint density at radius 1 is 1.12 bits per heavy atom. The van der Waals surface area contributed by atoms with Gasteiger partial charge in [-0.3, -0.25) is 9.59 Å². The van der Waals surface area contributed by atoms with Crippen LogP contribution in [-0.4, -0.2) is 34.4 Å². The zero-order valence-electron chi connectivity index (χ0n) is 13.8. The van der Waals surface area contributed by atoms with Gasteiger partial charge in [-0.05, 0) is 31.0 Å². The Kier molecular flexibility index (Phi) is 4.58. The van der Waals surface area contributed by atoms with E-state index >= 15 is 0 Å². The Morgan fingerprint density at radius 2 is 1.88 bits per heavy atom. The van der Waals surface area contributed by atoms with Gasteiger partial charge in [-0.1, -0.05) is 18.2 Å². The van der Waals surface area contributed by atoms with Crippen molar-refractivity contribution in [3.63, 3.8) is 0 Å². The lowest BCUT2D eigenvalue weighted by molar-refractivity contribution is 0.0695. The third kappa shape index (κ3) is 2.86. The molecule has 6 nitrogen and oxygen atoms in total. The molecule has 0 aromatic heterocycles. The summed E-state index contributed by atoms with van der Waals surface area (Å²) in [6.45, 7) is 3.84. The van der Waals surface area contributed by atoms with Crippen LogP contribution in [0, 0.1) is 0 Å². The summed E-state index contributed by atoms with van der Waals surface area (Å²) in [5.41, 5.74) is -0.252. The number of phenols is 1. The third-order valence-corrected chi connectivity index (χ3v) is 4.15. The Labute approximate surface area is 149 Å². The molecule has 0 radical (unpaired) electrons. The van der Waals surface area contributed by atoms with E-state index in [0.29, 0.717) is 12.8 Å². The Bertz CT molecular complexity index is 942. The fourth-order valence-electron chi connectivity index (χ4n) is 2.91. The standard InChI is InChI=1S/C20H16O6/c1-2-3-4-8-26-15-10-11(20(24)25)9-13-17(15)19(23)16-12(18(13)22)6-5-7-14(16)21/h2,5-7,9-10,21H,1,3-4,8H2,(H,24,25). The molecule has 0 saturated heterocycles. The van der Waals surface area contributed by atoms with Gasteiger partial charge in [0.1, 0.15) is 11.5 Å². The molecular weight excluding hydrogens is 336 g/mol. The van der Waals surface area contributed by atoms with E-state index in [1.165, 1.54) is 30.3 Å². The van der Waals surface area contributed by atoms with Crippen molar-refractivity contribution in [2.45, 2.75) is 12.8 Å². The molecule has 0 spiro atoms. The lowest BCUT2D eigenvalue weighted by Crippen LogP contribution is -2.23. The summed E-state index contributed by atoms with van der Waals surface area (Å²) in [6.07, 6.45) is 3.03. The Hall–Kier alpha value is -3.41. The van der Waals surface area contributed by atoms with E-state index in [1.807, 2.05) is 0 Å². The van der Waals surface area contributed by atoms with Crippen LogP contribution in [-0.2, 0) is 0 Å². The molecule has 1 aliphatic rings. The average Bonchev–Trinajstić information content (AvgIpc) is 2.62. The number of aromatic carboxylic acids is 1. The molecule has 0 aliphatic heterocycles. The SMILES string of the molecule is C=CCCCOc1cc(C(=O)O)cc2c1C(=O)c1c(O)cccc1C2=O. The average molecular weight is 352 g/mol. The van der Waals surface area contributed by atoms with Gasteiger partial charge in [0.05, 0.1) is 23.3 Å². The normalized spacial score (nSPS) is 12.3. The van der Waals surface area contributed by atoms with Crippen LogP contribution in [0.25, 0.3) is 0 Å². The number of rotatable bonds is 6. The molecule has 0 fully saturated rings. The maximum absolute atomic E-state index is 12.9. The van der Waals surface area contributed by atoms with Crippen molar-refractivity contribution < 1.29 is 29.3 Å². The van der Waals surface area contributed by atoms with Gasteiger partial charge < -0.3 is 14.9 Å². The van der Waals surface area contributed by atoms with Crippen molar-refractivity contribution in [2.75, 3.05) is 6.61 Å². The van der Waals surface area contributed by atoms with Gasteiger partial charge in [0.2, 0.25) is 5.78 Å².